The second kappa shape index (κ2) is 4.06. The first kappa shape index (κ1) is 8.96. The van der Waals surface area contributed by atoms with Crippen molar-refractivity contribution in [1.82, 2.24) is 15.2 Å². The van der Waals surface area contributed by atoms with Crippen LogP contribution in [0.25, 0.3) is 11.6 Å². The summed E-state index contributed by atoms with van der Waals surface area (Å²) in [6.07, 6.45) is 3.43. The van der Waals surface area contributed by atoms with E-state index in [-0.39, 0.29) is 0 Å². The third-order valence-corrected chi connectivity index (χ3v) is 1.89. The third-order valence-electron chi connectivity index (χ3n) is 1.89. The van der Waals surface area contributed by atoms with E-state index in [2.05, 4.69) is 15.2 Å². The molecule has 2 heterocycles. The minimum absolute atomic E-state index is 0.530. The zero-order chi connectivity index (χ0) is 9.80. The number of hydrogen-bond donors (Lipinski definition) is 2. The highest BCUT2D eigenvalue weighted by molar-refractivity contribution is 5.45. The Morgan fingerprint density at radius 3 is 3.07 bits per heavy atom. The molecular weight excluding hydrogens is 180 g/mol. The van der Waals surface area contributed by atoms with Crippen LogP contribution >= 0.6 is 0 Å². The minimum Gasteiger partial charge on any atom is -0.419 e. The van der Waals surface area contributed by atoms with Crippen molar-refractivity contribution < 1.29 is 4.42 Å². The van der Waals surface area contributed by atoms with E-state index in [1.54, 1.807) is 0 Å². The average molecular weight is 192 g/mol. The van der Waals surface area contributed by atoms with Gasteiger partial charge in [-0.25, -0.2) is 0 Å². The Morgan fingerprint density at radius 2 is 2.36 bits per heavy atom. The van der Waals surface area contributed by atoms with Crippen LogP contribution in [0.15, 0.2) is 22.7 Å². The molecule has 0 radical (unpaired) electrons. The van der Waals surface area contributed by atoms with Gasteiger partial charge in [0.05, 0.1) is 0 Å². The summed E-state index contributed by atoms with van der Waals surface area (Å²) in [6.45, 7) is 0.639. The molecule has 0 spiro atoms. The van der Waals surface area contributed by atoms with Crippen molar-refractivity contribution in [2.45, 2.75) is 12.8 Å². The number of nitrogens with zero attached hydrogens (tertiary/aromatic N) is 2. The first-order chi connectivity index (χ1) is 6.90. The highest BCUT2D eigenvalue weighted by Crippen LogP contribution is 2.15. The number of rotatable bonds is 4. The normalized spacial score (nSPS) is 10.6. The molecule has 14 heavy (non-hydrogen) atoms. The van der Waals surface area contributed by atoms with Crippen LogP contribution in [0.3, 0.4) is 0 Å². The topological polar surface area (TPSA) is 80.7 Å². The van der Waals surface area contributed by atoms with Gasteiger partial charge in [0, 0.05) is 12.6 Å². The zero-order valence-electron chi connectivity index (χ0n) is 7.73. The Bertz CT molecular complexity index is 379. The first-order valence-corrected chi connectivity index (χ1v) is 4.56. The fourth-order valence-electron chi connectivity index (χ4n) is 1.18. The van der Waals surface area contributed by atoms with Gasteiger partial charge in [0.25, 0.3) is 5.89 Å². The van der Waals surface area contributed by atoms with Crippen LogP contribution in [0.2, 0.25) is 0 Å². The summed E-state index contributed by atoms with van der Waals surface area (Å²) in [5.74, 6) is 1.17. The van der Waals surface area contributed by atoms with Gasteiger partial charge < -0.3 is 15.1 Å². The van der Waals surface area contributed by atoms with Crippen molar-refractivity contribution in [2.24, 2.45) is 5.73 Å². The lowest BCUT2D eigenvalue weighted by Gasteiger charge is -1.90. The molecule has 0 saturated heterocycles. The largest absolute Gasteiger partial charge is 0.419 e. The average Bonchev–Trinajstić information content (AvgIpc) is 2.85. The molecular formula is C9H12N4O. The van der Waals surface area contributed by atoms with Crippen molar-refractivity contribution in [2.75, 3.05) is 6.54 Å². The second-order valence-electron chi connectivity index (χ2n) is 2.98. The highest BCUT2D eigenvalue weighted by Gasteiger charge is 2.07. The summed E-state index contributed by atoms with van der Waals surface area (Å²) in [4.78, 5) is 3.00. The molecule has 0 unspecified atom stereocenters. The van der Waals surface area contributed by atoms with Gasteiger partial charge in [-0.3, -0.25) is 0 Å². The molecule has 74 valence electrons. The molecule has 0 aromatic carbocycles. The number of aromatic amines is 1. The van der Waals surface area contributed by atoms with Crippen LogP contribution in [0.5, 0.6) is 0 Å². The maximum Gasteiger partial charge on any atom is 0.264 e. The smallest absolute Gasteiger partial charge is 0.264 e. The van der Waals surface area contributed by atoms with Crippen molar-refractivity contribution >= 4 is 0 Å². The Morgan fingerprint density at radius 1 is 1.43 bits per heavy atom. The van der Waals surface area contributed by atoms with Gasteiger partial charge in [-0.1, -0.05) is 0 Å². The van der Waals surface area contributed by atoms with Crippen LogP contribution < -0.4 is 5.73 Å². The second-order valence-corrected chi connectivity index (χ2v) is 2.98. The standard InChI is InChI=1S/C9H12N4O/c10-5-1-4-8-12-13-9(14-8)7-3-2-6-11-7/h2-3,6,11H,1,4-5,10H2. The molecule has 3 N–H and O–H groups in total. The first-order valence-electron chi connectivity index (χ1n) is 4.56. The SMILES string of the molecule is NCCCc1nnc(-c2ccc[nH]2)o1. The van der Waals surface area contributed by atoms with E-state index in [1.165, 1.54) is 0 Å². The van der Waals surface area contributed by atoms with Gasteiger partial charge in [-0.2, -0.15) is 0 Å². The van der Waals surface area contributed by atoms with Gasteiger partial charge >= 0.3 is 0 Å². The van der Waals surface area contributed by atoms with E-state index in [0.717, 1.165) is 18.5 Å². The van der Waals surface area contributed by atoms with E-state index in [9.17, 15) is 0 Å². The van der Waals surface area contributed by atoms with Crippen molar-refractivity contribution in [3.05, 3.63) is 24.2 Å². The quantitative estimate of drug-likeness (QED) is 0.755. The Balaban J connectivity index is 2.10. The molecule has 2 rings (SSSR count). The molecule has 2 aromatic rings. The van der Waals surface area contributed by atoms with Crippen molar-refractivity contribution in [3.8, 4) is 11.6 Å². The van der Waals surface area contributed by atoms with Crippen LogP contribution in [0.1, 0.15) is 12.3 Å². The van der Waals surface area contributed by atoms with Crippen LogP contribution in [0.4, 0.5) is 0 Å². The molecule has 0 fully saturated rings. The number of nitrogens with one attached hydrogen (secondary N) is 1. The fraction of sp³-hybridized carbons (Fsp3) is 0.333. The summed E-state index contributed by atoms with van der Waals surface area (Å²) < 4.78 is 5.42. The number of aromatic nitrogens is 3. The lowest BCUT2D eigenvalue weighted by atomic mass is 10.3. The summed E-state index contributed by atoms with van der Waals surface area (Å²) in [6, 6.07) is 3.78. The highest BCUT2D eigenvalue weighted by atomic mass is 16.4. The molecule has 5 heteroatoms. The molecule has 0 aliphatic heterocycles. The molecule has 0 bridgehead atoms. The van der Waals surface area contributed by atoms with Crippen LogP contribution in [-0.4, -0.2) is 21.7 Å². The molecule has 0 amide bonds. The lowest BCUT2D eigenvalue weighted by molar-refractivity contribution is 0.498. The van der Waals surface area contributed by atoms with Crippen LogP contribution in [-0.2, 0) is 6.42 Å². The predicted octanol–water partition coefficient (Wildman–Crippen LogP) is 0.956. The maximum absolute atomic E-state index is 5.42. The summed E-state index contributed by atoms with van der Waals surface area (Å²) in [7, 11) is 0. The molecule has 0 atom stereocenters. The van der Waals surface area contributed by atoms with E-state index in [1.807, 2.05) is 18.3 Å². The number of aryl methyl sites for hydroxylation is 1. The molecule has 2 aromatic heterocycles. The maximum atomic E-state index is 5.42. The predicted molar refractivity (Wildman–Crippen MR) is 51.5 cm³/mol. The minimum atomic E-state index is 0.530. The third kappa shape index (κ3) is 1.82. The van der Waals surface area contributed by atoms with E-state index in [0.29, 0.717) is 18.3 Å². The van der Waals surface area contributed by atoms with E-state index < -0.39 is 0 Å². The van der Waals surface area contributed by atoms with E-state index in [4.69, 9.17) is 10.2 Å². The number of H-pyrrole nitrogens is 1. The van der Waals surface area contributed by atoms with Crippen molar-refractivity contribution in [1.29, 1.82) is 0 Å². The molecule has 5 nitrogen and oxygen atoms in total. The summed E-state index contributed by atoms with van der Waals surface area (Å²) in [5.41, 5.74) is 6.23. The fourth-order valence-corrected chi connectivity index (χ4v) is 1.18. The van der Waals surface area contributed by atoms with E-state index >= 15 is 0 Å². The molecule has 0 aliphatic carbocycles. The van der Waals surface area contributed by atoms with Crippen molar-refractivity contribution in [3.63, 3.8) is 0 Å². The zero-order valence-corrected chi connectivity index (χ0v) is 7.73. The number of hydrogen-bond acceptors (Lipinski definition) is 4. The number of nitrogens with two attached hydrogens (primary N) is 1. The van der Waals surface area contributed by atoms with Gasteiger partial charge in [0.1, 0.15) is 5.69 Å². The monoisotopic (exact) mass is 192 g/mol. The Kier molecular flexibility index (Phi) is 2.60. The molecule has 0 aliphatic rings. The molecule has 0 saturated carbocycles. The van der Waals surface area contributed by atoms with Gasteiger partial charge in [-0.05, 0) is 25.1 Å². The van der Waals surface area contributed by atoms with Gasteiger partial charge in [0.15, 0.2) is 0 Å². The lowest BCUT2D eigenvalue weighted by Crippen LogP contribution is -2.00. The van der Waals surface area contributed by atoms with Gasteiger partial charge in [0.2, 0.25) is 5.89 Å². The Labute approximate surface area is 81.3 Å². The summed E-state index contributed by atoms with van der Waals surface area (Å²) >= 11 is 0. The van der Waals surface area contributed by atoms with Gasteiger partial charge in [-0.15, -0.1) is 10.2 Å². The van der Waals surface area contributed by atoms with Crippen LogP contribution in [0, 0.1) is 0 Å². The Hall–Kier alpha value is -1.62. The summed E-state index contributed by atoms with van der Waals surface area (Å²) in [5, 5.41) is 7.84.